The minimum Gasteiger partial charge on any atom is -0.311 e. The molecule has 0 saturated heterocycles. The summed E-state index contributed by atoms with van der Waals surface area (Å²) < 4.78 is 0. The van der Waals surface area contributed by atoms with Crippen molar-refractivity contribution >= 4 is 78.8 Å². The summed E-state index contributed by atoms with van der Waals surface area (Å²) in [5.74, 6) is 0.575. The van der Waals surface area contributed by atoms with Crippen molar-refractivity contribution < 1.29 is 0 Å². The third-order valence-electron chi connectivity index (χ3n) is 15.3. The zero-order valence-electron chi connectivity index (χ0n) is 39.7. The largest absolute Gasteiger partial charge is 0.311 e. The van der Waals surface area contributed by atoms with E-state index >= 15 is 0 Å². The van der Waals surface area contributed by atoms with E-state index in [4.69, 9.17) is 0 Å². The minimum absolute atomic E-state index is 0.0297. The number of benzene rings is 11. The number of anilines is 6. The van der Waals surface area contributed by atoms with Gasteiger partial charge in [0.15, 0.2) is 0 Å². The van der Waals surface area contributed by atoms with Crippen LogP contribution in [-0.4, -0.2) is 6.71 Å². The molecule has 13 rings (SSSR count). The third kappa shape index (κ3) is 6.96. The van der Waals surface area contributed by atoms with Crippen molar-refractivity contribution in [2.75, 3.05) is 9.80 Å². The molecule has 0 aliphatic carbocycles. The molecule has 0 spiro atoms. The second-order valence-electron chi connectivity index (χ2n) is 19.2. The fourth-order valence-electron chi connectivity index (χ4n) is 11.8. The number of nitriles is 1. The summed E-state index contributed by atoms with van der Waals surface area (Å²) >= 11 is 0. The number of nitrogens with zero attached hydrogens (tertiary/aromatic N) is 3. The van der Waals surface area contributed by atoms with Crippen molar-refractivity contribution in [2.24, 2.45) is 0 Å². The molecule has 0 radical (unpaired) electrons. The van der Waals surface area contributed by atoms with Crippen molar-refractivity contribution in [1.82, 2.24) is 0 Å². The first-order chi connectivity index (χ1) is 35.0. The molecule has 0 bridgehead atoms. The Labute approximate surface area is 416 Å². The first kappa shape index (κ1) is 42.2. The molecule has 2 aliphatic heterocycles. The first-order valence-electron chi connectivity index (χ1n) is 24.7. The average Bonchev–Trinajstić information content (AvgIpc) is 3.44. The van der Waals surface area contributed by atoms with Gasteiger partial charge >= 0.3 is 0 Å². The smallest absolute Gasteiger partial charge is 0.252 e. The van der Waals surface area contributed by atoms with Crippen molar-refractivity contribution in [1.29, 1.82) is 5.26 Å². The summed E-state index contributed by atoms with van der Waals surface area (Å²) in [6, 6.07) is 90.9. The summed E-state index contributed by atoms with van der Waals surface area (Å²) in [7, 11) is 0. The molecular weight excluding hydrogens is 858 g/mol. The van der Waals surface area contributed by atoms with Gasteiger partial charge < -0.3 is 9.80 Å². The molecule has 334 valence electrons. The Morgan fingerprint density at radius 1 is 0.366 bits per heavy atom. The topological polar surface area (TPSA) is 30.3 Å². The molecule has 0 saturated carbocycles. The van der Waals surface area contributed by atoms with Gasteiger partial charge in [-0.15, -0.1) is 0 Å². The number of rotatable bonds is 8. The second-order valence-corrected chi connectivity index (χ2v) is 19.2. The summed E-state index contributed by atoms with van der Waals surface area (Å²) in [5.41, 5.74) is 20.4. The lowest BCUT2D eigenvalue weighted by molar-refractivity contribution is 0.624. The highest BCUT2D eigenvalue weighted by Gasteiger charge is 2.44. The molecule has 2 atom stereocenters. The zero-order valence-corrected chi connectivity index (χ0v) is 39.7. The van der Waals surface area contributed by atoms with Gasteiger partial charge in [-0.1, -0.05) is 190 Å². The second kappa shape index (κ2) is 17.3. The van der Waals surface area contributed by atoms with E-state index in [1.165, 1.54) is 55.1 Å². The lowest BCUT2D eigenvalue weighted by Gasteiger charge is -2.44. The fraction of sp³-hybridized carbons (Fsp3) is 0.0597. The van der Waals surface area contributed by atoms with Gasteiger partial charge in [-0.2, -0.15) is 5.26 Å². The molecule has 0 N–H and O–H groups in total. The van der Waals surface area contributed by atoms with E-state index in [0.29, 0.717) is 11.5 Å². The van der Waals surface area contributed by atoms with Gasteiger partial charge in [0.1, 0.15) is 0 Å². The van der Waals surface area contributed by atoms with Crippen LogP contribution in [0.3, 0.4) is 0 Å². The van der Waals surface area contributed by atoms with Crippen molar-refractivity contribution in [3.05, 3.63) is 259 Å². The van der Waals surface area contributed by atoms with Crippen LogP contribution < -0.4 is 26.2 Å². The van der Waals surface area contributed by atoms with E-state index in [1.807, 2.05) is 0 Å². The lowest BCUT2D eigenvalue weighted by Crippen LogP contribution is -2.61. The molecular formula is C67H48BN3. The average molecular weight is 906 g/mol. The Bertz CT molecular complexity index is 3830. The molecule has 3 nitrogen and oxygen atoms in total. The molecule has 0 fully saturated rings. The highest BCUT2D eigenvalue weighted by molar-refractivity contribution is 7.00. The Kier molecular flexibility index (Phi) is 10.3. The zero-order chi connectivity index (χ0) is 47.6. The van der Waals surface area contributed by atoms with E-state index in [9.17, 15) is 5.26 Å². The van der Waals surface area contributed by atoms with Gasteiger partial charge in [0, 0.05) is 34.1 Å². The van der Waals surface area contributed by atoms with Crippen LogP contribution in [0.2, 0.25) is 0 Å². The predicted molar refractivity (Wildman–Crippen MR) is 300 cm³/mol. The van der Waals surface area contributed by atoms with E-state index in [0.717, 1.165) is 61.5 Å². The van der Waals surface area contributed by atoms with Crippen molar-refractivity contribution in [3.8, 4) is 39.4 Å². The fourth-order valence-corrected chi connectivity index (χ4v) is 11.8. The van der Waals surface area contributed by atoms with Gasteiger partial charge in [0.05, 0.1) is 11.6 Å². The Morgan fingerprint density at radius 3 is 1.41 bits per heavy atom. The maximum atomic E-state index is 11.0. The molecule has 11 aromatic rings. The van der Waals surface area contributed by atoms with Crippen LogP contribution >= 0.6 is 0 Å². The van der Waals surface area contributed by atoms with E-state index in [-0.39, 0.29) is 12.6 Å². The number of hydrogen-bond donors (Lipinski definition) is 0. The van der Waals surface area contributed by atoms with Crippen LogP contribution in [0.25, 0.3) is 54.9 Å². The number of para-hydroxylation sites is 3. The Balaban J connectivity index is 1.08. The predicted octanol–water partition coefficient (Wildman–Crippen LogP) is 15.9. The molecule has 2 heterocycles. The Morgan fingerprint density at radius 2 is 0.817 bits per heavy atom. The molecule has 2 unspecified atom stereocenters. The van der Waals surface area contributed by atoms with E-state index < -0.39 is 0 Å². The monoisotopic (exact) mass is 905 g/mol. The standard InChI is InChI=1S/C67H48BN3/c1-44(47-21-7-3-8-22-47)45(2)49-35-36-60-62(40-49)71(54-27-13-6-14-28-54)64-42-51(41-63-67(64)68(60)59-33-19-20-34-61(59)70(63)53-25-11-5-12-26-53)50-37-46(43-69)38-52(39-50)66-57-31-17-15-29-55(57)65(48-23-9-4-10-24-48)56-30-16-18-32-58(56)66/h3-42,44-45H,1-2H3. The van der Waals surface area contributed by atoms with E-state index in [2.05, 4.69) is 272 Å². The van der Waals surface area contributed by atoms with Crippen molar-refractivity contribution in [3.63, 3.8) is 0 Å². The first-order valence-corrected chi connectivity index (χ1v) is 24.7. The maximum absolute atomic E-state index is 11.0. The van der Waals surface area contributed by atoms with Crippen LogP contribution in [0.4, 0.5) is 34.1 Å². The van der Waals surface area contributed by atoms with Crippen molar-refractivity contribution in [2.45, 2.75) is 25.7 Å². The number of hydrogen-bond acceptors (Lipinski definition) is 3. The molecule has 71 heavy (non-hydrogen) atoms. The maximum Gasteiger partial charge on any atom is 0.252 e. The molecule has 2 aliphatic rings. The van der Waals surface area contributed by atoms with Gasteiger partial charge in [-0.25, -0.2) is 0 Å². The number of fused-ring (bicyclic) bond motifs is 6. The van der Waals surface area contributed by atoms with Gasteiger partial charge in [0.2, 0.25) is 0 Å². The summed E-state index contributed by atoms with van der Waals surface area (Å²) in [6.07, 6.45) is 0. The van der Waals surface area contributed by atoms with Crippen LogP contribution in [-0.2, 0) is 0 Å². The molecule has 0 amide bonds. The lowest BCUT2D eigenvalue weighted by atomic mass is 9.33. The normalized spacial score (nSPS) is 13.3. The van der Waals surface area contributed by atoms with Gasteiger partial charge in [0.25, 0.3) is 6.71 Å². The van der Waals surface area contributed by atoms with Crippen LogP contribution in [0, 0.1) is 11.3 Å². The Hall–Kier alpha value is -8.91. The highest BCUT2D eigenvalue weighted by Crippen LogP contribution is 2.49. The summed E-state index contributed by atoms with van der Waals surface area (Å²) in [6.45, 7) is 4.69. The molecule has 4 heteroatoms. The van der Waals surface area contributed by atoms with Crippen LogP contribution in [0.15, 0.2) is 243 Å². The SMILES string of the molecule is CC(c1ccccc1)C(C)c1ccc2c(c1)N(c1ccccc1)c1cc(-c3cc(C#N)cc(-c4c5ccccc5c(-c5ccccc5)c5ccccc45)c3)cc3c1B2c1ccccc1N3c1ccccc1. The summed E-state index contributed by atoms with van der Waals surface area (Å²) in [5, 5.41) is 15.6. The van der Waals surface area contributed by atoms with Crippen LogP contribution in [0.1, 0.15) is 42.4 Å². The van der Waals surface area contributed by atoms with E-state index in [1.54, 1.807) is 0 Å². The minimum atomic E-state index is -0.0297. The highest BCUT2D eigenvalue weighted by atomic mass is 15.2. The summed E-state index contributed by atoms with van der Waals surface area (Å²) in [4.78, 5) is 4.96. The van der Waals surface area contributed by atoms with Gasteiger partial charge in [-0.05, 0) is 161 Å². The van der Waals surface area contributed by atoms with Gasteiger partial charge in [-0.3, -0.25) is 0 Å². The van der Waals surface area contributed by atoms with Crippen LogP contribution in [0.5, 0.6) is 0 Å². The molecule has 0 aromatic heterocycles. The third-order valence-corrected chi connectivity index (χ3v) is 15.3. The quantitative estimate of drug-likeness (QED) is 0.112. The molecule has 11 aromatic carbocycles.